The highest BCUT2D eigenvalue weighted by Gasteiger charge is 2.23. The van der Waals surface area contributed by atoms with Gasteiger partial charge in [0.25, 0.3) is 0 Å². The van der Waals surface area contributed by atoms with E-state index >= 15 is 0 Å². The minimum absolute atomic E-state index is 0.0465. The summed E-state index contributed by atoms with van der Waals surface area (Å²) in [7, 11) is 3.10. The molecule has 0 saturated heterocycles. The molecular weight excluding hydrogens is 344 g/mol. The standard InChI is InChI=1S/C18H19ClN2O4/c1-23-11-17(22)21-5-6-25-18-13(10-21)7-12(8-16(18)24-2)15-4-3-14(19)9-20-15/h3-4,7-9H,5-6,10-11H2,1-2H3. The molecular formula is C18H19ClN2O4. The Morgan fingerprint density at radius 3 is 2.88 bits per heavy atom. The van der Waals surface area contributed by atoms with Crippen LogP contribution in [0.2, 0.25) is 5.02 Å². The molecule has 3 rings (SSSR count). The van der Waals surface area contributed by atoms with E-state index < -0.39 is 0 Å². The van der Waals surface area contributed by atoms with Crippen molar-refractivity contribution in [3.63, 3.8) is 0 Å². The molecule has 0 radical (unpaired) electrons. The van der Waals surface area contributed by atoms with E-state index in [0.717, 1.165) is 16.8 Å². The van der Waals surface area contributed by atoms with Crippen LogP contribution in [0.25, 0.3) is 11.3 Å². The number of carbonyl (C=O) groups is 1. The molecule has 0 aliphatic carbocycles. The van der Waals surface area contributed by atoms with Gasteiger partial charge in [0, 0.05) is 31.0 Å². The molecule has 2 aromatic rings. The maximum Gasteiger partial charge on any atom is 0.248 e. The Kier molecular flexibility index (Phi) is 5.40. The van der Waals surface area contributed by atoms with Crippen molar-refractivity contribution >= 4 is 17.5 Å². The summed E-state index contributed by atoms with van der Waals surface area (Å²) in [5.74, 6) is 1.20. The molecule has 1 aromatic carbocycles. The predicted molar refractivity (Wildman–Crippen MR) is 94.0 cm³/mol. The van der Waals surface area contributed by atoms with E-state index in [1.807, 2.05) is 18.2 Å². The summed E-state index contributed by atoms with van der Waals surface area (Å²) in [4.78, 5) is 18.3. The van der Waals surface area contributed by atoms with Gasteiger partial charge < -0.3 is 19.1 Å². The Bertz CT molecular complexity index is 764. The molecule has 0 fully saturated rings. The third kappa shape index (κ3) is 3.86. The smallest absolute Gasteiger partial charge is 0.248 e. The van der Waals surface area contributed by atoms with Crippen LogP contribution in [-0.2, 0) is 16.1 Å². The average molecular weight is 363 g/mol. The van der Waals surface area contributed by atoms with Crippen LogP contribution in [0, 0.1) is 0 Å². The lowest BCUT2D eigenvalue weighted by Gasteiger charge is -2.19. The Balaban J connectivity index is 2.00. The van der Waals surface area contributed by atoms with Crippen molar-refractivity contribution in [2.45, 2.75) is 6.54 Å². The van der Waals surface area contributed by atoms with Gasteiger partial charge in [-0.25, -0.2) is 0 Å². The number of rotatable bonds is 4. The number of halogens is 1. The third-order valence-electron chi connectivity index (χ3n) is 3.96. The number of hydrogen-bond acceptors (Lipinski definition) is 5. The Labute approximate surface area is 151 Å². The zero-order valence-electron chi connectivity index (χ0n) is 14.1. The number of amides is 1. The van der Waals surface area contributed by atoms with Gasteiger partial charge in [0.1, 0.15) is 13.2 Å². The van der Waals surface area contributed by atoms with Crippen molar-refractivity contribution in [2.24, 2.45) is 0 Å². The fourth-order valence-corrected chi connectivity index (χ4v) is 2.87. The topological polar surface area (TPSA) is 60.9 Å². The number of ether oxygens (including phenoxy) is 3. The molecule has 2 heterocycles. The first kappa shape index (κ1) is 17.5. The number of aromatic nitrogens is 1. The fourth-order valence-electron chi connectivity index (χ4n) is 2.76. The third-order valence-corrected chi connectivity index (χ3v) is 4.19. The van der Waals surface area contributed by atoms with E-state index in [2.05, 4.69) is 4.98 Å². The van der Waals surface area contributed by atoms with Crippen LogP contribution in [0.1, 0.15) is 5.56 Å². The molecule has 132 valence electrons. The summed E-state index contributed by atoms with van der Waals surface area (Å²) in [6, 6.07) is 7.47. The average Bonchev–Trinajstić information content (AvgIpc) is 2.84. The first-order valence-corrected chi connectivity index (χ1v) is 8.22. The monoisotopic (exact) mass is 362 g/mol. The minimum Gasteiger partial charge on any atom is -0.493 e. The number of benzene rings is 1. The van der Waals surface area contributed by atoms with Gasteiger partial charge in [-0.15, -0.1) is 0 Å². The van der Waals surface area contributed by atoms with Gasteiger partial charge in [0.05, 0.1) is 24.4 Å². The SMILES string of the molecule is COCC(=O)N1CCOc2c(cc(-c3ccc(Cl)cn3)cc2OC)C1. The molecule has 0 atom stereocenters. The minimum atomic E-state index is -0.0760. The molecule has 7 heteroatoms. The Morgan fingerprint density at radius 1 is 1.36 bits per heavy atom. The molecule has 0 saturated carbocycles. The maximum atomic E-state index is 12.2. The van der Waals surface area contributed by atoms with Crippen LogP contribution in [0.5, 0.6) is 11.5 Å². The Hall–Kier alpha value is -2.31. The van der Waals surface area contributed by atoms with Crippen molar-refractivity contribution in [2.75, 3.05) is 34.0 Å². The summed E-state index contributed by atoms with van der Waals surface area (Å²) in [6.45, 7) is 1.37. The van der Waals surface area contributed by atoms with Gasteiger partial charge in [-0.1, -0.05) is 11.6 Å². The second-order valence-corrected chi connectivity index (χ2v) is 6.06. The predicted octanol–water partition coefficient (Wildman–Crippen LogP) is 2.78. The van der Waals surface area contributed by atoms with E-state index in [4.69, 9.17) is 25.8 Å². The highest BCUT2D eigenvalue weighted by atomic mass is 35.5. The molecule has 0 bridgehead atoms. The van der Waals surface area contributed by atoms with Gasteiger partial charge in [-0.2, -0.15) is 0 Å². The zero-order valence-corrected chi connectivity index (χ0v) is 14.9. The second kappa shape index (κ2) is 7.72. The Morgan fingerprint density at radius 2 is 2.20 bits per heavy atom. The lowest BCUT2D eigenvalue weighted by molar-refractivity contribution is -0.135. The van der Waals surface area contributed by atoms with Crippen LogP contribution in [0.4, 0.5) is 0 Å². The van der Waals surface area contributed by atoms with Crippen molar-refractivity contribution in [3.8, 4) is 22.8 Å². The molecule has 25 heavy (non-hydrogen) atoms. The number of fused-ring (bicyclic) bond motifs is 1. The van der Waals surface area contributed by atoms with Crippen molar-refractivity contribution in [1.82, 2.24) is 9.88 Å². The number of methoxy groups -OCH3 is 2. The quantitative estimate of drug-likeness (QED) is 0.837. The fraction of sp³-hybridized carbons (Fsp3) is 0.333. The van der Waals surface area contributed by atoms with Gasteiger partial charge >= 0.3 is 0 Å². The first-order chi connectivity index (χ1) is 12.1. The second-order valence-electron chi connectivity index (χ2n) is 5.63. The summed E-state index contributed by atoms with van der Waals surface area (Å²) >= 11 is 5.92. The van der Waals surface area contributed by atoms with Gasteiger partial charge in [-0.05, 0) is 24.3 Å². The zero-order chi connectivity index (χ0) is 17.8. The van der Waals surface area contributed by atoms with Crippen LogP contribution in [0.3, 0.4) is 0 Å². The van der Waals surface area contributed by atoms with E-state index in [0.29, 0.717) is 36.2 Å². The molecule has 1 aliphatic heterocycles. The lowest BCUT2D eigenvalue weighted by atomic mass is 10.0. The molecule has 1 aromatic heterocycles. The van der Waals surface area contributed by atoms with Crippen LogP contribution in [0.15, 0.2) is 30.5 Å². The van der Waals surface area contributed by atoms with E-state index in [1.54, 1.807) is 24.3 Å². The molecule has 0 spiro atoms. The maximum absolute atomic E-state index is 12.2. The first-order valence-electron chi connectivity index (χ1n) is 7.84. The summed E-state index contributed by atoms with van der Waals surface area (Å²) in [5, 5.41) is 0.574. The van der Waals surface area contributed by atoms with Crippen molar-refractivity contribution in [3.05, 3.63) is 41.0 Å². The van der Waals surface area contributed by atoms with Gasteiger partial charge in [0.15, 0.2) is 11.5 Å². The van der Waals surface area contributed by atoms with Gasteiger partial charge in [-0.3, -0.25) is 9.78 Å². The van der Waals surface area contributed by atoms with Crippen LogP contribution in [-0.4, -0.2) is 49.8 Å². The number of hydrogen-bond donors (Lipinski definition) is 0. The summed E-state index contributed by atoms with van der Waals surface area (Å²) in [5.41, 5.74) is 2.51. The normalized spacial score (nSPS) is 13.6. The van der Waals surface area contributed by atoms with Crippen LogP contribution < -0.4 is 9.47 Å². The highest BCUT2D eigenvalue weighted by Crippen LogP contribution is 2.38. The van der Waals surface area contributed by atoms with E-state index in [-0.39, 0.29) is 12.5 Å². The summed E-state index contributed by atoms with van der Waals surface area (Å²) in [6.07, 6.45) is 1.60. The van der Waals surface area contributed by atoms with E-state index in [9.17, 15) is 4.79 Å². The molecule has 6 nitrogen and oxygen atoms in total. The van der Waals surface area contributed by atoms with Crippen molar-refractivity contribution < 1.29 is 19.0 Å². The lowest BCUT2D eigenvalue weighted by Crippen LogP contribution is -2.34. The molecule has 1 aliphatic rings. The number of nitrogens with zero attached hydrogens (tertiary/aromatic N) is 2. The van der Waals surface area contributed by atoms with Crippen LogP contribution >= 0.6 is 11.6 Å². The highest BCUT2D eigenvalue weighted by molar-refractivity contribution is 6.30. The number of pyridine rings is 1. The van der Waals surface area contributed by atoms with Crippen molar-refractivity contribution in [1.29, 1.82) is 0 Å². The molecule has 0 unspecified atom stereocenters. The number of carbonyl (C=O) groups excluding carboxylic acids is 1. The van der Waals surface area contributed by atoms with E-state index in [1.165, 1.54) is 7.11 Å². The molecule has 1 amide bonds. The molecule has 0 N–H and O–H groups in total. The summed E-state index contributed by atoms with van der Waals surface area (Å²) < 4.78 is 16.3. The largest absolute Gasteiger partial charge is 0.493 e. The van der Waals surface area contributed by atoms with Gasteiger partial charge in [0.2, 0.25) is 5.91 Å².